The molecule has 2 aromatic rings. The van der Waals surface area contributed by atoms with Crippen molar-refractivity contribution in [2.75, 3.05) is 6.61 Å². The molecule has 0 spiro atoms. The number of hydrogen-bond donors (Lipinski definition) is 2. The van der Waals surface area contributed by atoms with E-state index in [1.54, 1.807) is 13.0 Å². The molecule has 1 saturated carbocycles. The van der Waals surface area contributed by atoms with Crippen LogP contribution in [0.3, 0.4) is 0 Å². The van der Waals surface area contributed by atoms with E-state index in [-0.39, 0.29) is 18.6 Å². The van der Waals surface area contributed by atoms with Gasteiger partial charge in [-0.3, -0.25) is 9.48 Å². The van der Waals surface area contributed by atoms with Crippen molar-refractivity contribution in [3.63, 3.8) is 0 Å². The average Bonchev–Trinajstić information content (AvgIpc) is 3.23. The predicted octanol–water partition coefficient (Wildman–Crippen LogP) is 1.31. The highest BCUT2D eigenvalue weighted by molar-refractivity contribution is 5.95. The summed E-state index contributed by atoms with van der Waals surface area (Å²) in [5.41, 5.74) is 1.39. The molecular weight excluding hydrogens is 296 g/mol. The zero-order chi connectivity index (χ0) is 16.2. The molecule has 2 N–H and O–H groups in total. The lowest BCUT2D eigenvalue weighted by atomic mass is 10.0. The molecule has 3 rings (SSSR count). The molecule has 7 heteroatoms. The predicted molar refractivity (Wildman–Crippen MR) is 82.9 cm³/mol. The number of nitrogens with zero attached hydrogens (tertiary/aromatic N) is 3. The second kappa shape index (κ2) is 6.95. The second-order valence-corrected chi connectivity index (χ2v) is 6.07. The Morgan fingerprint density at radius 1 is 1.52 bits per heavy atom. The highest BCUT2D eigenvalue weighted by Gasteiger charge is 2.30. The number of aromatic nitrogens is 3. The number of aliphatic hydroxyl groups excluding tert-OH is 1. The number of amides is 1. The maximum atomic E-state index is 12.3. The van der Waals surface area contributed by atoms with Gasteiger partial charge in [0.1, 0.15) is 5.76 Å². The first-order valence-corrected chi connectivity index (χ1v) is 8.02. The van der Waals surface area contributed by atoms with Crippen LogP contribution in [0.4, 0.5) is 0 Å². The fourth-order valence-electron chi connectivity index (χ4n) is 3.21. The molecule has 0 radical (unpaired) electrons. The average molecular weight is 318 g/mol. The summed E-state index contributed by atoms with van der Waals surface area (Å²) in [7, 11) is 0. The van der Waals surface area contributed by atoms with E-state index in [4.69, 9.17) is 9.52 Å². The van der Waals surface area contributed by atoms with Crippen LogP contribution in [0, 0.1) is 12.8 Å². The van der Waals surface area contributed by atoms with Crippen LogP contribution in [0.2, 0.25) is 0 Å². The quantitative estimate of drug-likeness (QED) is 0.838. The van der Waals surface area contributed by atoms with Crippen LogP contribution < -0.4 is 5.32 Å². The van der Waals surface area contributed by atoms with Crippen LogP contribution in [0.1, 0.15) is 41.1 Å². The Kier molecular flexibility index (Phi) is 4.76. The van der Waals surface area contributed by atoms with Crippen LogP contribution in [0.5, 0.6) is 0 Å². The highest BCUT2D eigenvalue weighted by Crippen LogP contribution is 2.27. The third kappa shape index (κ3) is 3.61. The van der Waals surface area contributed by atoms with Crippen molar-refractivity contribution in [3.05, 3.63) is 35.5 Å². The SMILES string of the molecule is Cc1occc1C(=O)N[C@@H]1CCC[C@@H]1Cn1cc(CCO)nn1. The summed E-state index contributed by atoms with van der Waals surface area (Å²) in [5, 5.41) is 20.2. The van der Waals surface area contributed by atoms with Gasteiger partial charge >= 0.3 is 0 Å². The van der Waals surface area contributed by atoms with Crippen molar-refractivity contribution in [3.8, 4) is 0 Å². The topological polar surface area (TPSA) is 93.2 Å². The molecule has 0 unspecified atom stereocenters. The molecule has 1 fully saturated rings. The van der Waals surface area contributed by atoms with Gasteiger partial charge in [-0.25, -0.2) is 0 Å². The number of carbonyl (C=O) groups is 1. The van der Waals surface area contributed by atoms with Gasteiger partial charge in [-0.1, -0.05) is 11.6 Å². The molecular formula is C16H22N4O3. The summed E-state index contributed by atoms with van der Waals surface area (Å²) in [5.74, 6) is 0.907. The van der Waals surface area contributed by atoms with Crippen molar-refractivity contribution < 1.29 is 14.3 Å². The molecule has 2 heterocycles. The summed E-state index contributed by atoms with van der Waals surface area (Å²) >= 11 is 0. The van der Waals surface area contributed by atoms with Gasteiger partial charge in [-0.05, 0) is 31.7 Å². The van der Waals surface area contributed by atoms with E-state index >= 15 is 0 Å². The van der Waals surface area contributed by atoms with Crippen LogP contribution in [-0.2, 0) is 13.0 Å². The Balaban J connectivity index is 1.61. The standard InChI is InChI=1S/C16H22N4O3/c1-11-14(6-8-23-11)16(22)17-15-4-2-3-12(15)9-20-10-13(5-7-21)18-19-20/h6,8,10,12,15,21H,2-5,7,9H2,1H3,(H,17,22)/t12-,15-/m1/s1. The van der Waals surface area contributed by atoms with Gasteiger partial charge in [-0.15, -0.1) is 5.10 Å². The Labute approximate surface area is 134 Å². The number of aryl methyl sites for hydroxylation is 1. The number of aliphatic hydroxyl groups is 1. The highest BCUT2D eigenvalue weighted by atomic mass is 16.3. The van der Waals surface area contributed by atoms with E-state index in [0.717, 1.165) is 31.5 Å². The molecule has 7 nitrogen and oxygen atoms in total. The number of furan rings is 1. The van der Waals surface area contributed by atoms with E-state index in [0.29, 0.717) is 23.7 Å². The van der Waals surface area contributed by atoms with Gasteiger partial charge in [0.2, 0.25) is 0 Å². The lowest BCUT2D eigenvalue weighted by molar-refractivity contribution is 0.0923. The van der Waals surface area contributed by atoms with E-state index in [1.165, 1.54) is 6.26 Å². The zero-order valence-corrected chi connectivity index (χ0v) is 13.2. The third-order valence-electron chi connectivity index (χ3n) is 4.45. The lowest BCUT2D eigenvalue weighted by Crippen LogP contribution is -2.38. The fraction of sp³-hybridized carbons (Fsp3) is 0.562. The Morgan fingerprint density at radius 2 is 2.39 bits per heavy atom. The summed E-state index contributed by atoms with van der Waals surface area (Å²) < 4.78 is 7.00. The Hall–Kier alpha value is -2.15. The zero-order valence-electron chi connectivity index (χ0n) is 13.2. The number of carbonyl (C=O) groups excluding carboxylic acids is 1. The molecule has 0 saturated heterocycles. The van der Waals surface area contributed by atoms with Crippen molar-refractivity contribution in [2.24, 2.45) is 5.92 Å². The molecule has 1 aliphatic carbocycles. The molecule has 1 amide bonds. The van der Waals surface area contributed by atoms with E-state index in [2.05, 4.69) is 15.6 Å². The van der Waals surface area contributed by atoms with Gasteiger partial charge in [0, 0.05) is 31.8 Å². The monoisotopic (exact) mass is 318 g/mol. The van der Waals surface area contributed by atoms with E-state index in [1.807, 2.05) is 10.9 Å². The minimum Gasteiger partial charge on any atom is -0.469 e. The lowest BCUT2D eigenvalue weighted by Gasteiger charge is -2.20. The minimum atomic E-state index is -0.0762. The van der Waals surface area contributed by atoms with E-state index in [9.17, 15) is 4.79 Å². The van der Waals surface area contributed by atoms with Crippen LogP contribution >= 0.6 is 0 Å². The van der Waals surface area contributed by atoms with Crippen LogP contribution in [0.25, 0.3) is 0 Å². The van der Waals surface area contributed by atoms with Gasteiger partial charge in [0.15, 0.2) is 0 Å². The molecule has 124 valence electrons. The van der Waals surface area contributed by atoms with Crippen molar-refractivity contribution in [1.29, 1.82) is 0 Å². The molecule has 0 aromatic carbocycles. The van der Waals surface area contributed by atoms with Gasteiger partial charge in [0.25, 0.3) is 5.91 Å². The van der Waals surface area contributed by atoms with Gasteiger partial charge < -0.3 is 14.8 Å². The number of nitrogens with one attached hydrogen (secondary N) is 1. The molecule has 2 aromatic heterocycles. The van der Waals surface area contributed by atoms with Crippen LogP contribution in [-0.4, -0.2) is 38.7 Å². The number of rotatable bonds is 6. The Bertz CT molecular complexity index is 664. The van der Waals surface area contributed by atoms with Gasteiger partial charge in [-0.2, -0.15) is 0 Å². The second-order valence-electron chi connectivity index (χ2n) is 6.07. The third-order valence-corrected chi connectivity index (χ3v) is 4.45. The van der Waals surface area contributed by atoms with Gasteiger partial charge in [0.05, 0.1) is 17.5 Å². The van der Waals surface area contributed by atoms with Crippen molar-refractivity contribution >= 4 is 5.91 Å². The Morgan fingerprint density at radius 3 is 3.13 bits per heavy atom. The van der Waals surface area contributed by atoms with Crippen molar-refractivity contribution in [2.45, 2.75) is 45.2 Å². The fourth-order valence-corrected chi connectivity index (χ4v) is 3.21. The first-order valence-electron chi connectivity index (χ1n) is 8.02. The molecule has 2 atom stereocenters. The first kappa shape index (κ1) is 15.7. The van der Waals surface area contributed by atoms with Crippen molar-refractivity contribution in [1.82, 2.24) is 20.3 Å². The maximum Gasteiger partial charge on any atom is 0.255 e. The number of hydrogen-bond acceptors (Lipinski definition) is 5. The molecule has 1 aliphatic rings. The normalized spacial score (nSPS) is 20.8. The molecule has 0 bridgehead atoms. The molecule has 0 aliphatic heterocycles. The maximum absolute atomic E-state index is 12.3. The smallest absolute Gasteiger partial charge is 0.255 e. The molecule has 23 heavy (non-hydrogen) atoms. The summed E-state index contributed by atoms with van der Waals surface area (Å²) in [6, 6.07) is 1.84. The minimum absolute atomic E-state index is 0.0743. The summed E-state index contributed by atoms with van der Waals surface area (Å²) in [4.78, 5) is 12.3. The summed E-state index contributed by atoms with van der Waals surface area (Å²) in [6.45, 7) is 2.59. The summed E-state index contributed by atoms with van der Waals surface area (Å²) in [6.07, 6.45) is 7.06. The first-order chi connectivity index (χ1) is 11.2. The van der Waals surface area contributed by atoms with E-state index < -0.39 is 0 Å². The van der Waals surface area contributed by atoms with Crippen LogP contribution in [0.15, 0.2) is 22.9 Å². The largest absolute Gasteiger partial charge is 0.469 e.